The Balaban J connectivity index is 2.28. The molecule has 0 atom stereocenters. The molecule has 82 valence electrons. The highest BCUT2D eigenvalue weighted by atomic mass is 35.5. The van der Waals surface area contributed by atoms with E-state index in [0.29, 0.717) is 15.7 Å². The maximum absolute atomic E-state index is 5.90. The van der Waals surface area contributed by atoms with Crippen molar-refractivity contribution in [3.63, 3.8) is 0 Å². The van der Waals surface area contributed by atoms with Gasteiger partial charge >= 0.3 is 0 Å². The van der Waals surface area contributed by atoms with Crippen LogP contribution in [-0.2, 0) is 0 Å². The number of hydrogen-bond donors (Lipinski definition) is 2. The Hall–Kier alpha value is -1.45. The lowest BCUT2D eigenvalue weighted by molar-refractivity contribution is 1.33. The monoisotopic (exact) mass is 253 g/mol. The van der Waals surface area contributed by atoms with Gasteiger partial charge in [0, 0.05) is 11.9 Å². The molecule has 5 heteroatoms. The Labute approximate surface area is 103 Å². The van der Waals surface area contributed by atoms with Crippen LogP contribution < -0.4 is 11.1 Å². The van der Waals surface area contributed by atoms with Crippen molar-refractivity contribution in [2.45, 2.75) is 0 Å². The Morgan fingerprint density at radius 2 is 1.94 bits per heavy atom. The SMILES string of the molecule is Nc1cnccc1Nc1ccc(Cl)c(Cl)c1. The number of nitrogens with one attached hydrogen (secondary N) is 1. The smallest absolute Gasteiger partial charge is 0.0739 e. The molecule has 0 fully saturated rings. The van der Waals surface area contributed by atoms with Crippen molar-refractivity contribution in [1.82, 2.24) is 4.98 Å². The van der Waals surface area contributed by atoms with E-state index in [9.17, 15) is 0 Å². The first-order valence-electron chi connectivity index (χ1n) is 4.58. The van der Waals surface area contributed by atoms with E-state index in [4.69, 9.17) is 28.9 Å². The van der Waals surface area contributed by atoms with Crippen LogP contribution in [0.15, 0.2) is 36.7 Å². The molecule has 3 N–H and O–H groups in total. The zero-order valence-corrected chi connectivity index (χ0v) is 9.76. The molecule has 0 bridgehead atoms. The zero-order valence-electron chi connectivity index (χ0n) is 8.24. The van der Waals surface area contributed by atoms with Crippen LogP contribution >= 0.6 is 23.2 Å². The minimum Gasteiger partial charge on any atom is -0.396 e. The van der Waals surface area contributed by atoms with Gasteiger partial charge in [0.2, 0.25) is 0 Å². The van der Waals surface area contributed by atoms with Crippen LogP contribution in [0.4, 0.5) is 17.1 Å². The number of nitrogens with zero attached hydrogens (tertiary/aromatic N) is 1. The third-order valence-corrected chi connectivity index (χ3v) is 2.79. The van der Waals surface area contributed by atoms with E-state index in [2.05, 4.69) is 10.3 Å². The average molecular weight is 254 g/mol. The number of aromatic nitrogens is 1. The summed E-state index contributed by atoms with van der Waals surface area (Å²) in [6, 6.07) is 7.08. The summed E-state index contributed by atoms with van der Waals surface area (Å²) in [5, 5.41) is 4.15. The summed E-state index contributed by atoms with van der Waals surface area (Å²) in [6.45, 7) is 0. The van der Waals surface area contributed by atoms with E-state index in [1.165, 1.54) is 0 Å². The lowest BCUT2D eigenvalue weighted by Crippen LogP contribution is -1.96. The lowest BCUT2D eigenvalue weighted by atomic mass is 10.3. The van der Waals surface area contributed by atoms with Crippen molar-refractivity contribution in [3.05, 3.63) is 46.7 Å². The number of benzene rings is 1. The van der Waals surface area contributed by atoms with Gasteiger partial charge in [0.05, 0.1) is 27.6 Å². The molecule has 0 aliphatic carbocycles. The molecule has 0 spiro atoms. The van der Waals surface area contributed by atoms with Gasteiger partial charge in [0.1, 0.15) is 0 Å². The van der Waals surface area contributed by atoms with Crippen LogP contribution in [0.1, 0.15) is 0 Å². The highest BCUT2D eigenvalue weighted by molar-refractivity contribution is 6.42. The first-order valence-corrected chi connectivity index (χ1v) is 5.34. The maximum Gasteiger partial charge on any atom is 0.0739 e. The number of rotatable bonds is 2. The number of nitrogen functional groups attached to an aromatic ring is 1. The summed E-state index contributed by atoms with van der Waals surface area (Å²) < 4.78 is 0. The maximum atomic E-state index is 5.90. The molecule has 0 radical (unpaired) electrons. The first-order chi connectivity index (χ1) is 7.66. The Bertz CT molecular complexity index is 514. The minimum atomic E-state index is 0.499. The fourth-order valence-electron chi connectivity index (χ4n) is 1.25. The molecule has 3 nitrogen and oxygen atoms in total. The second kappa shape index (κ2) is 4.60. The number of nitrogens with two attached hydrogens (primary N) is 1. The molecule has 0 unspecified atom stereocenters. The number of anilines is 3. The van der Waals surface area contributed by atoms with Crippen LogP contribution in [0.2, 0.25) is 10.0 Å². The second-order valence-corrected chi connectivity index (χ2v) is 4.03. The van der Waals surface area contributed by atoms with Gasteiger partial charge in [-0.3, -0.25) is 4.98 Å². The topological polar surface area (TPSA) is 50.9 Å². The van der Waals surface area contributed by atoms with E-state index in [1.54, 1.807) is 30.6 Å². The van der Waals surface area contributed by atoms with Gasteiger partial charge in [-0.15, -0.1) is 0 Å². The average Bonchev–Trinajstić information content (AvgIpc) is 2.27. The van der Waals surface area contributed by atoms with Crippen LogP contribution in [0.3, 0.4) is 0 Å². The van der Waals surface area contributed by atoms with Crippen molar-refractivity contribution in [3.8, 4) is 0 Å². The van der Waals surface area contributed by atoms with Gasteiger partial charge in [0.25, 0.3) is 0 Å². The molecule has 1 aromatic heterocycles. The Morgan fingerprint density at radius 3 is 2.62 bits per heavy atom. The summed E-state index contributed by atoms with van der Waals surface area (Å²) in [5.74, 6) is 0. The second-order valence-electron chi connectivity index (χ2n) is 3.22. The molecule has 0 aliphatic heterocycles. The molecule has 2 aromatic rings. The normalized spacial score (nSPS) is 10.1. The van der Waals surface area contributed by atoms with Gasteiger partial charge in [-0.25, -0.2) is 0 Å². The largest absolute Gasteiger partial charge is 0.396 e. The first kappa shape index (κ1) is 11.0. The molecule has 1 aromatic carbocycles. The summed E-state index contributed by atoms with van der Waals surface area (Å²) in [5.41, 5.74) is 7.94. The van der Waals surface area contributed by atoms with E-state index < -0.39 is 0 Å². The van der Waals surface area contributed by atoms with Crippen LogP contribution in [0.5, 0.6) is 0 Å². The summed E-state index contributed by atoms with van der Waals surface area (Å²) in [7, 11) is 0. The summed E-state index contributed by atoms with van der Waals surface area (Å²) in [4.78, 5) is 3.91. The van der Waals surface area contributed by atoms with Crippen molar-refractivity contribution < 1.29 is 0 Å². The fraction of sp³-hybridized carbons (Fsp3) is 0. The Morgan fingerprint density at radius 1 is 1.12 bits per heavy atom. The molecular weight excluding hydrogens is 245 g/mol. The third kappa shape index (κ3) is 2.38. The third-order valence-electron chi connectivity index (χ3n) is 2.05. The van der Waals surface area contributed by atoms with Crippen LogP contribution in [-0.4, -0.2) is 4.98 Å². The van der Waals surface area contributed by atoms with Gasteiger partial charge < -0.3 is 11.1 Å². The number of halogens is 2. The standard InChI is InChI=1S/C11H9Cl2N3/c12-8-2-1-7(5-9(8)13)16-11-3-4-15-6-10(11)14/h1-6H,14H2,(H,15,16). The predicted molar refractivity (Wildman–Crippen MR) is 68.4 cm³/mol. The molecule has 0 saturated heterocycles. The minimum absolute atomic E-state index is 0.499. The molecule has 1 heterocycles. The summed E-state index contributed by atoms with van der Waals surface area (Å²) in [6.07, 6.45) is 3.25. The van der Waals surface area contributed by atoms with Crippen LogP contribution in [0.25, 0.3) is 0 Å². The van der Waals surface area contributed by atoms with Gasteiger partial charge in [-0.2, -0.15) is 0 Å². The number of hydrogen-bond acceptors (Lipinski definition) is 3. The number of pyridine rings is 1. The molecule has 0 saturated carbocycles. The Kier molecular flexibility index (Phi) is 3.17. The van der Waals surface area contributed by atoms with Gasteiger partial charge in [-0.05, 0) is 24.3 Å². The van der Waals surface area contributed by atoms with Gasteiger partial charge in [0.15, 0.2) is 0 Å². The zero-order chi connectivity index (χ0) is 11.5. The molecule has 0 aliphatic rings. The quantitative estimate of drug-likeness (QED) is 0.858. The summed E-state index contributed by atoms with van der Waals surface area (Å²) >= 11 is 11.7. The van der Waals surface area contributed by atoms with Crippen molar-refractivity contribution in [2.24, 2.45) is 0 Å². The van der Waals surface area contributed by atoms with E-state index in [0.717, 1.165) is 11.4 Å². The molecule has 0 amide bonds. The fourth-order valence-corrected chi connectivity index (χ4v) is 1.55. The predicted octanol–water partition coefficient (Wildman–Crippen LogP) is 3.71. The molecular formula is C11H9Cl2N3. The molecule has 16 heavy (non-hydrogen) atoms. The van der Waals surface area contributed by atoms with Crippen LogP contribution in [0, 0.1) is 0 Å². The highest BCUT2D eigenvalue weighted by Crippen LogP contribution is 2.28. The van der Waals surface area contributed by atoms with E-state index in [1.807, 2.05) is 6.07 Å². The molecule has 2 rings (SSSR count). The lowest BCUT2D eigenvalue weighted by Gasteiger charge is -2.09. The highest BCUT2D eigenvalue weighted by Gasteiger charge is 2.01. The van der Waals surface area contributed by atoms with Crippen molar-refractivity contribution in [1.29, 1.82) is 0 Å². The van der Waals surface area contributed by atoms with Crippen molar-refractivity contribution >= 4 is 40.3 Å². The van der Waals surface area contributed by atoms with E-state index >= 15 is 0 Å². The van der Waals surface area contributed by atoms with E-state index in [-0.39, 0.29) is 0 Å². The van der Waals surface area contributed by atoms with Gasteiger partial charge in [-0.1, -0.05) is 23.2 Å². The van der Waals surface area contributed by atoms with Crippen molar-refractivity contribution in [2.75, 3.05) is 11.1 Å².